The summed E-state index contributed by atoms with van der Waals surface area (Å²) in [5.74, 6) is 1.11. The number of ketones is 1. The lowest BCUT2D eigenvalue weighted by atomic mass is 10.0. The van der Waals surface area contributed by atoms with Crippen molar-refractivity contribution in [2.45, 2.75) is 32.6 Å². The molecule has 2 aromatic rings. The number of benzene rings is 2. The Balaban J connectivity index is 1.80. The Morgan fingerprint density at radius 1 is 0.957 bits per heavy atom. The predicted molar refractivity (Wildman–Crippen MR) is 91.2 cm³/mol. The monoisotopic (exact) mass is 307 g/mol. The molecule has 0 aliphatic heterocycles. The first-order valence-corrected chi connectivity index (χ1v) is 7.92. The molecule has 118 valence electrons. The molecule has 0 saturated carbocycles. The molecule has 2 rings (SSSR count). The third kappa shape index (κ3) is 5.60. The molecule has 0 heterocycles. The summed E-state index contributed by atoms with van der Waals surface area (Å²) >= 11 is 0. The molecule has 0 spiro atoms. The number of Topliss-reactive ketones (excluding diaryl/α,β-unsaturated/α-hetero) is 1. The highest BCUT2D eigenvalue weighted by atomic mass is 16.5. The molecule has 3 nitrogen and oxygen atoms in total. The lowest BCUT2D eigenvalue weighted by molar-refractivity contribution is -0.117. The van der Waals surface area contributed by atoms with Gasteiger partial charge in [-0.2, -0.15) is 5.26 Å². The van der Waals surface area contributed by atoms with Crippen LogP contribution in [0.4, 0.5) is 0 Å². The molecule has 0 radical (unpaired) electrons. The topological polar surface area (TPSA) is 50.1 Å². The highest BCUT2D eigenvalue weighted by molar-refractivity contribution is 5.75. The van der Waals surface area contributed by atoms with E-state index in [4.69, 9.17) is 10.00 Å². The lowest BCUT2D eigenvalue weighted by Crippen LogP contribution is -1.98. The number of hydrogen-bond donors (Lipinski definition) is 0. The fourth-order valence-electron chi connectivity index (χ4n) is 2.32. The summed E-state index contributed by atoms with van der Waals surface area (Å²) in [6, 6.07) is 17.6. The van der Waals surface area contributed by atoms with Crippen molar-refractivity contribution in [3.63, 3.8) is 0 Å². The molecule has 0 atom stereocenters. The predicted octanol–water partition coefficient (Wildman–Crippen LogP) is 4.75. The van der Waals surface area contributed by atoms with Gasteiger partial charge in [0, 0.05) is 6.42 Å². The van der Waals surface area contributed by atoms with Crippen molar-refractivity contribution >= 4 is 5.78 Å². The molecule has 0 aliphatic rings. The number of carbonyl (C=O) groups excluding carboxylic acids is 1. The Bertz CT molecular complexity index is 666. The van der Waals surface area contributed by atoms with Crippen LogP contribution in [0.25, 0.3) is 11.1 Å². The van der Waals surface area contributed by atoms with Crippen LogP contribution < -0.4 is 4.74 Å². The van der Waals surface area contributed by atoms with Gasteiger partial charge in [0.2, 0.25) is 0 Å². The minimum atomic E-state index is 0.254. The largest absolute Gasteiger partial charge is 0.494 e. The van der Waals surface area contributed by atoms with Gasteiger partial charge in [-0.15, -0.1) is 0 Å². The molecule has 0 N–H and O–H groups in total. The van der Waals surface area contributed by atoms with E-state index in [0.717, 1.165) is 36.1 Å². The third-order valence-corrected chi connectivity index (χ3v) is 3.64. The quantitative estimate of drug-likeness (QED) is 0.661. The van der Waals surface area contributed by atoms with Gasteiger partial charge in [0.05, 0.1) is 18.2 Å². The summed E-state index contributed by atoms with van der Waals surface area (Å²) in [4.78, 5) is 10.8. The maximum absolute atomic E-state index is 10.8. The summed E-state index contributed by atoms with van der Waals surface area (Å²) in [6.45, 7) is 2.31. The Morgan fingerprint density at radius 3 is 2.13 bits per heavy atom. The van der Waals surface area contributed by atoms with Crippen LogP contribution in [0.5, 0.6) is 5.75 Å². The molecule has 0 amide bonds. The molecule has 0 unspecified atom stereocenters. The van der Waals surface area contributed by atoms with Crippen molar-refractivity contribution in [2.24, 2.45) is 0 Å². The number of carbonyl (C=O) groups is 1. The van der Waals surface area contributed by atoms with Crippen LogP contribution in [0.1, 0.15) is 38.2 Å². The van der Waals surface area contributed by atoms with Crippen LogP contribution in [-0.4, -0.2) is 12.4 Å². The van der Waals surface area contributed by atoms with Gasteiger partial charge in [0.1, 0.15) is 11.5 Å². The Kier molecular flexibility index (Phi) is 6.38. The summed E-state index contributed by atoms with van der Waals surface area (Å²) < 4.78 is 5.71. The lowest BCUT2D eigenvalue weighted by Gasteiger charge is -2.07. The van der Waals surface area contributed by atoms with Gasteiger partial charge < -0.3 is 9.53 Å². The molecule has 2 aromatic carbocycles. The number of nitrogens with zero attached hydrogens (tertiary/aromatic N) is 1. The van der Waals surface area contributed by atoms with Gasteiger partial charge in [0.15, 0.2) is 0 Å². The Hall–Kier alpha value is -2.60. The van der Waals surface area contributed by atoms with Crippen LogP contribution in [0, 0.1) is 11.3 Å². The van der Waals surface area contributed by atoms with E-state index in [0.29, 0.717) is 18.6 Å². The van der Waals surface area contributed by atoms with Crippen molar-refractivity contribution < 1.29 is 9.53 Å². The highest BCUT2D eigenvalue weighted by Gasteiger charge is 2.00. The number of ether oxygens (including phenoxy) is 1. The second-order valence-corrected chi connectivity index (χ2v) is 5.57. The smallest absolute Gasteiger partial charge is 0.129 e. The molecule has 0 saturated heterocycles. The van der Waals surface area contributed by atoms with Gasteiger partial charge in [-0.3, -0.25) is 0 Å². The average Bonchev–Trinajstić information content (AvgIpc) is 2.58. The normalized spacial score (nSPS) is 10.1. The molecule has 0 aliphatic carbocycles. The zero-order valence-electron chi connectivity index (χ0n) is 13.4. The summed E-state index contributed by atoms with van der Waals surface area (Å²) in [5.41, 5.74) is 2.85. The van der Waals surface area contributed by atoms with Gasteiger partial charge in [-0.05, 0) is 61.6 Å². The number of unbranched alkanes of at least 4 members (excludes halogenated alkanes) is 2. The standard InChI is InChI=1S/C20H21NO2/c1-16(22)5-3-2-4-14-23-20-12-10-19(11-13-20)18-8-6-17(15-21)7-9-18/h6-13H,2-5,14H2,1H3. The van der Waals surface area contributed by atoms with E-state index in [1.54, 1.807) is 6.92 Å². The molecule has 0 fully saturated rings. The van der Waals surface area contributed by atoms with Crippen molar-refractivity contribution in [2.75, 3.05) is 6.61 Å². The van der Waals surface area contributed by atoms with E-state index in [1.807, 2.05) is 48.5 Å². The first-order valence-electron chi connectivity index (χ1n) is 7.92. The van der Waals surface area contributed by atoms with Gasteiger partial charge in [-0.25, -0.2) is 0 Å². The van der Waals surface area contributed by atoms with E-state index in [1.165, 1.54) is 0 Å². The summed E-state index contributed by atoms with van der Waals surface area (Å²) in [6.07, 6.45) is 3.59. The number of hydrogen-bond acceptors (Lipinski definition) is 3. The Morgan fingerprint density at radius 2 is 1.57 bits per heavy atom. The van der Waals surface area contributed by atoms with Crippen molar-refractivity contribution in [3.8, 4) is 22.9 Å². The minimum Gasteiger partial charge on any atom is -0.494 e. The van der Waals surface area contributed by atoms with Crippen LogP contribution in [-0.2, 0) is 4.79 Å². The van der Waals surface area contributed by atoms with E-state index in [-0.39, 0.29) is 5.78 Å². The number of rotatable bonds is 8. The molecule has 0 aromatic heterocycles. The van der Waals surface area contributed by atoms with Gasteiger partial charge in [-0.1, -0.05) is 24.3 Å². The Labute approximate surface area is 137 Å². The van der Waals surface area contributed by atoms with Gasteiger partial charge in [0.25, 0.3) is 0 Å². The van der Waals surface area contributed by atoms with E-state index in [2.05, 4.69) is 6.07 Å². The maximum atomic E-state index is 10.8. The molecular weight excluding hydrogens is 286 g/mol. The first-order chi connectivity index (χ1) is 11.2. The van der Waals surface area contributed by atoms with Crippen molar-refractivity contribution in [1.29, 1.82) is 5.26 Å². The van der Waals surface area contributed by atoms with Crippen LogP contribution in [0.2, 0.25) is 0 Å². The fourth-order valence-corrected chi connectivity index (χ4v) is 2.32. The molecule has 3 heteroatoms. The van der Waals surface area contributed by atoms with Gasteiger partial charge >= 0.3 is 0 Å². The summed E-state index contributed by atoms with van der Waals surface area (Å²) in [7, 11) is 0. The van der Waals surface area contributed by atoms with Crippen molar-refractivity contribution in [1.82, 2.24) is 0 Å². The molecule has 23 heavy (non-hydrogen) atoms. The minimum absolute atomic E-state index is 0.254. The number of nitriles is 1. The third-order valence-electron chi connectivity index (χ3n) is 3.64. The van der Waals surface area contributed by atoms with Crippen LogP contribution in [0.3, 0.4) is 0 Å². The van der Waals surface area contributed by atoms with Crippen LogP contribution >= 0.6 is 0 Å². The highest BCUT2D eigenvalue weighted by Crippen LogP contribution is 2.23. The SMILES string of the molecule is CC(=O)CCCCCOc1ccc(-c2ccc(C#N)cc2)cc1. The fraction of sp³-hybridized carbons (Fsp3) is 0.300. The second kappa shape index (κ2) is 8.75. The molecule has 0 bridgehead atoms. The average molecular weight is 307 g/mol. The van der Waals surface area contributed by atoms with E-state index < -0.39 is 0 Å². The molecular formula is C20H21NO2. The second-order valence-electron chi connectivity index (χ2n) is 5.57. The first kappa shape index (κ1) is 16.8. The zero-order valence-corrected chi connectivity index (χ0v) is 13.4. The zero-order chi connectivity index (χ0) is 16.5. The van der Waals surface area contributed by atoms with Crippen molar-refractivity contribution in [3.05, 3.63) is 54.1 Å². The van der Waals surface area contributed by atoms with Crippen LogP contribution in [0.15, 0.2) is 48.5 Å². The van der Waals surface area contributed by atoms with E-state index >= 15 is 0 Å². The maximum Gasteiger partial charge on any atom is 0.129 e. The summed E-state index contributed by atoms with van der Waals surface area (Å²) in [5, 5.41) is 8.82. The van der Waals surface area contributed by atoms with E-state index in [9.17, 15) is 4.79 Å².